The molecule has 0 aromatic heterocycles. The fraction of sp³-hybridized carbons (Fsp3) is 0.273. The van der Waals surface area contributed by atoms with Crippen LogP contribution in [0.3, 0.4) is 0 Å². The Labute approximate surface area is 92.7 Å². The Morgan fingerprint density at radius 3 is 2.67 bits per heavy atom. The van der Waals surface area contributed by atoms with Crippen molar-refractivity contribution in [2.75, 3.05) is 0 Å². The van der Waals surface area contributed by atoms with Crippen LogP contribution in [0.4, 0.5) is 4.79 Å². The van der Waals surface area contributed by atoms with Gasteiger partial charge in [0.1, 0.15) is 0 Å². The van der Waals surface area contributed by atoms with Crippen LogP contribution in [0.25, 0.3) is 0 Å². The summed E-state index contributed by atoms with van der Waals surface area (Å²) < 4.78 is 5.07. The fourth-order valence-electron chi connectivity index (χ4n) is 1.56. The number of halogens is 1. The summed E-state index contributed by atoms with van der Waals surface area (Å²) >= 11 is 5.87. The molecule has 0 saturated heterocycles. The molecule has 15 heavy (non-hydrogen) atoms. The van der Waals surface area contributed by atoms with E-state index < -0.39 is 11.7 Å². The van der Waals surface area contributed by atoms with E-state index >= 15 is 0 Å². The van der Waals surface area contributed by atoms with Gasteiger partial charge in [-0.25, -0.2) is 4.79 Å². The SMILES string of the molecule is CC1(C)OC(=O)N=C1c1cccc(Cl)c1. The van der Waals surface area contributed by atoms with E-state index in [2.05, 4.69) is 4.99 Å². The van der Waals surface area contributed by atoms with Gasteiger partial charge in [0, 0.05) is 10.6 Å². The lowest BCUT2D eigenvalue weighted by Crippen LogP contribution is -2.31. The average molecular weight is 224 g/mol. The van der Waals surface area contributed by atoms with Crippen LogP contribution in [-0.2, 0) is 4.74 Å². The smallest absolute Gasteiger partial charge is 0.434 e. The van der Waals surface area contributed by atoms with Gasteiger partial charge in [-0.2, -0.15) is 4.99 Å². The second kappa shape index (κ2) is 3.35. The van der Waals surface area contributed by atoms with E-state index in [1.807, 2.05) is 12.1 Å². The molecule has 1 aromatic rings. The fourth-order valence-corrected chi connectivity index (χ4v) is 1.75. The van der Waals surface area contributed by atoms with Gasteiger partial charge in [0.25, 0.3) is 0 Å². The van der Waals surface area contributed by atoms with Crippen molar-refractivity contribution in [3.63, 3.8) is 0 Å². The molecule has 0 aliphatic carbocycles. The van der Waals surface area contributed by atoms with Crippen LogP contribution in [-0.4, -0.2) is 17.4 Å². The van der Waals surface area contributed by atoms with Gasteiger partial charge in [-0.1, -0.05) is 23.7 Å². The number of hydrogen-bond acceptors (Lipinski definition) is 2. The minimum atomic E-state index is -0.679. The summed E-state index contributed by atoms with van der Waals surface area (Å²) in [7, 11) is 0. The number of amides is 1. The molecule has 78 valence electrons. The Hall–Kier alpha value is -1.35. The standard InChI is InChI=1S/C11H10ClNO2/c1-11(2)9(13-10(14)15-11)7-4-3-5-8(12)6-7/h3-6H,1-2H3. The highest BCUT2D eigenvalue weighted by molar-refractivity contribution is 6.31. The van der Waals surface area contributed by atoms with Crippen molar-refractivity contribution in [2.45, 2.75) is 19.4 Å². The summed E-state index contributed by atoms with van der Waals surface area (Å²) in [5.74, 6) is 0. The Morgan fingerprint density at radius 2 is 2.13 bits per heavy atom. The summed E-state index contributed by atoms with van der Waals surface area (Å²) in [6, 6.07) is 7.22. The second-order valence-corrected chi connectivity index (χ2v) is 4.29. The third kappa shape index (κ3) is 1.88. The first-order valence-corrected chi connectivity index (χ1v) is 4.95. The normalized spacial score (nSPS) is 18.6. The molecule has 4 heteroatoms. The summed E-state index contributed by atoms with van der Waals surface area (Å²) in [5, 5.41) is 0.616. The van der Waals surface area contributed by atoms with Gasteiger partial charge in [-0.05, 0) is 26.0 Å². The second-order valence-electron chi connectivity index (χ2n) is 3.85. The number of hydrogen-bond donors (Lipinski definition) is 0. The van der Waals surface area contributed by atoms with Crippen LogP contribution in [0.15, 0.2) is 29.3 Å². The van der Waals surface area contributed by atoms with E-state index in [0.717, 1.165) is 5.56 Å². The van der Waals surface area contributed by atoms with Crippen molar-refractivity contribution in [1.29, 1.82) is 0 Å². The van der Waals surface area contributed by atoms with Gasteiger partial charge in [-0.3, -0.25) is 0 Å². The third-order valence-electron chi connectivity index (χ3n) is 2.21. The van der Waals surface area contributed by atoms with E-state index in [9.17, 15) is 4.79 Å². The molecule has 3 nitrogen and oxygen atoms in total. The van der Waals surface area contributed by atoms with Crippen molar-refractivity contribution in [3.05, 3.63) is 34.9 Å². The van der Waals surface area contributed by atoms with Crippen LogP contribution in [0.1, 0.15) is 19.4 Å². The number of nitrogens with zero attached hydrogens (tertiary/aromatic N) is 1. The maximum absolute atomic E-state index is 11.1. The maximum Gasteiger partial charge on any atom is 0.434 e. The minimum Gasteiger partial charge on any atom is -0.435 e. The Kier molecular flexibility index (Phi) is 2.27. The highest BCUT2D eigenvalue weighted by atomic mass is 35.5. The largest absolute Gasteiger partial charge is 0.435 e. The van der Waals surface area contributed by atoms with Crippen molar-refractivity contribution >= 4 is 23.4 Å². The Balaban J connectivity index is 2.47. The van der Waals surface area contributed by atoms with Crippen LogP contribution in [0, 0.1) is 0 Å². The van der Waals surface area contributed by atoms with Crippen LogP contribution in [0.5, 0.6) is 0 Å². The lowest BCUT2D eigenvalue weighted by Gasteiger charge is -2.18. The van der Waals surface area contributed by atoms with Gasteiger partial charge in [-0.15, -0.1) is 0 Å². The number of carbonyl (C=O) groups excluding carboxylic acids is 1. The van der Waals surface area contributed by atoms with Crippen molar-refractivity contribution in [1.82, 2.24) is 0 Å². The molecular formula is C11H10ClNO2. The Morgan fingerprint density at radius 1 is 1.40 bits per heavy atom. The number of rotatable bonds is 1. The van der Waals surface area contributed by atoms with E-state index in [-0.39, 0.29) is 0 Å². The van der Waals surface area contributed by atoms with Gasteiger partial charge >= 0.3 is 6.09 Å². The zero-order valence-corrected chi connectivity index (χ0v) is 9.21. The molecule has 1 aromatic carbocycles. The maximum atomic E-state index is 11.1. The molecule has 1 heterocycles. The van der Waals surface area contributed by atoms with E-state index in [1.165, 1.54) is 0 Å². The van der Waals surface area contributed by atoms with Crippen LogP contribution in [0.2, 0.25) is 5.02 Å². The first kappa shape index (κ1) is 10.2. The predicted octanol–water partition coefficient (Wildman–Crippen LogP) is 3.06. The van der Waals surface area contributed by atoms with Crippen molar-refractivity contribution in [3.8, 4) is 0 Å². The van der Waals surface area contributed by atoms with Gasteiger partial charge < -0.3 is 4.74 Å². The summed E-state index contributed by atoms with van der Waals surface area (Å²) in [4.78, 5) is 14.9. The molecule has 0 saturated carbocycles. The molecule has 0 spiro atoms. The quantitative estimate of drug-likeness (QED) is 0.734. The number of aliphatic imine (C=N–C) groups is 1. The monoisotopic (exact) mass is 223 g/mol. The Bertz CT molecular complexity index is 452. The number of benzene rings is 1. The molecule has 0 radical (unpaired) electrons. The summed E-state index contributed by atoms with van der Waals surface area (Å²) in [6.45, 7) is 3.61. The highest BCUT2D eigenvalue weighted by Gasteiger charge is 2.36. The molecule has 0 N–H and O–H groups in total. The average Bonchev–Trinajstić information content (AvgIpc) is 2.39. The molecule has 1 amide bonds. The first-order valence-electron chi connectivity index (χ1n) is 4.57. The lowest BCUT2D eigenvalue weighted by molar-refractivity contribution is 0.107. The molecule has 2 rings (SSSR count). The zero-order valence-electron chi connectivity index (χ0n) is 8.45. The number of ether oxygens (including phenoxy) is 1. The van der Waals surface area contributed by atoms with Crippen LogP contribution < -0.4 is 0 Å². The van der Waals surface area contributed by atoms with Crippen molar-refractivity contribution < 1.29 is 9.53 Å². The van der Waals surface area contributed by atoms with Gasteiger partial charge in [0.05, 0.1) is 5.71 Å². The number of carbonyl (C=O) groups is 1. The van der Waals surface area contributed by atoms with Gasteiger partial charge in [0.15, 0.2) is 5.60 Å². The predicted molar refractivity (Wildman–Crippen MR) is 58.5 cm³/mol. The third-order valence-corrected chi connectivity index (χ3v) is 2.45. The first-order chi connectivity index (χ1) is 6.99. The number of cyclic esters (lactones) is 1. The van der Waals surface area contributed by atoms with Gasteiger partial charge in [0.2, 0.25) is 0 Å². The molecule has 1 aliphatic rings. The van der Waals surface area contributed by atoms with E-state index in [4.69, 9.17) is 16.3 Å². The molecule has 1 aliphatic heterocycles. The molecule has 0 atom stereocenters. The lowest BCUT2D eigenvalue weighted by atomic mass is 9.96. The minimum absolute atomic E-state index is 0.546. The molecule has 0 fully saturated rings. The zero-order chi connectivity index (χ0) is 11.1. The highest BCUT2D eigenvalue weighted by Crippen LogP contribution is 2.25. The molecule has 0 unspecified atom stereocenters. The van der Waals surface area contributed by atoms with Crippen molar-refractivity contribution in [2.24, 2.45) is 4.99 Å². The molecular weight excluding hydrogens is 214 g/mol. The topological polar surface area (TPSA) is 38.7 Å². The van der Waals surface area contributed by atoms with Crippen LogP contribution >= 0.6 is 11.6 Å². The van der Waals surface area contributed by atoms with E-state index in [0.29, 0.717) is 10.7 Å². The molecule has 0 bridgehead atoms. The summed E-state index contributed by atoms with van der Waals surface area (Å²) in [5.41, 5.74) is 0.759. The summed E-state index contributed by atoms with van der Waals surface area (Å²) in [6.07, 6.45) is -0.546. The van der Waals surface area contributed by atoms with E-state index in [1.54, 1.807) is 26.0 Å².